The molecule has 3 aromatic rings. The highest BCUT2D eigenvalue weighted by atomic mass is 79.9. The minimum absolute atomic E-state index is 0.288. The summed E-state index contributed by atoms with van der Waals surface area (Å²) in [5, 5.41) is 6.94. The van der Waals surface area contributed by atoms with Crippen LogP contribution >= 0.6 is 15.9 Å². The van der Waals surface area contributed by atoms with E-state index in [9.17, 15) is 4.79 Å². The first-order valence-electron chi connectivity index (χ1n) is 5.46. The summed E-state index contributed by atoms with van der Waals surface area (Å²) in [4.78, 5) is 20.2. The van der Waals surface area contributed by atoms with Crippen molar-refractivity contribution < 1.29 is 4.79 Å². The lowest BCUT2D eigenvalue weighted by molar-refractivity contribution is 0.102. The molecule has 94 valence electrons. The van der Waals surface area contributed by atoms with E-state index < -0.39 is 0 Å². The summed E-state index contributed by atoms with van der Waals surface area (Å²) in [5.41, 5.74) is 1.55. The number of aromatic nitrogens is 4. The van der Waals surface area contributed by atoms with Gasteiger partial charge in [0.2, 0.25) is 0 Å². The van der Waals surface area contributed by atoms with E-state index in [1.165, 1.54) is 0 Å². The molecule has 0 saturated carbocycles. The highest BCUT2D eigenvalue weighted by Gasteiger charge is 2.18. The molecular formula is C12H8BrN5O. The molecule has 0 fully saturated rings. The zero-order valence-electron chi connectivity index (χ0n) is 9.62. The van der Waals surface area contributed by atoms with Gasteiger partial charge in [0.05, 0.1) is 4.47 Å². The molecule has 3 aromatic heterocycles. The van der Waals surface area contributed by atoms with Crippen LogP contribution in [0.5, 0.6) is 0 Å². The number of carbonyl (C=O) groups excluding carboxylic acids is 1. The summed E-state index contributed by atoms with van der Waals surface area (Å²) in [6, 6.07) is 5.16. The van der Waals surface area contributed by atoms with Crippen LogP contribution in [-0.4, -0.2) is 25.5 Å². The van der Waals surface area contributed by atoms with E-state index in [1.54, 1.807) is 47.5 Å². The van der Waals surface area contributed by atoms with Crippen molar-refractivity contribution in [3.63, 3.8) is 0 Å². The smallest absolute Gasteiger partial charge is 0.277 e. The Kier molecular flexibility index (Phi) is 2.96. The van der Waals surface area contributed by atoms with Gasteiger partial charge in [-0.25, -0.2) is 9.50 Å². The van der Waals surface area contributed by atoms with Crippen molar-refractivity contribution in [2.24, 2.45) is 0 Å². The number of rotatable bonds is 2. The SMILES string of the molecule is O=C(Nc1ccncc1)c1nn2cccnc2c1Br. The summed E-state index contributed by atoms with van der Waals surface area (Å²) in [6.07, 6.45) is 6.59. The van der Waals surface area contributed by atoms with Crippen molar-refractivity contribution in [3.8, 4) is 0 Å². The first-order chi connectivity index (χ1) is 9.25. The van der Waals surface area contributed by atoms with Gasteiger partial charge in [-0.15, -0.1) is 0 Å². The molecule has 3 heterocycles. The minimum atomic E-state index is -0.302. The summed E-state index contributed by atoms with van der Waals surface area (Å²) in [6.45, 7) is 0. The summed E-state index contributed by atoms with van der Waals surface area (Å²) in [5.74, 6) is -0.302. The Morgan fingerprint density at radius 3 is 2.79 bits per heavy atom. The lowest BCUT2D eigenvalue weighted by Gasteiger charge is -2.01. The van der Waals surface area contributed by atoms with E-state index in [0.29, 0.717) is 15.8 Å². The standard InChI is InChI=1S/C12H8BrN5O/c13-9-10(17-18-7-1-4-15-11(9)18)12(19)16-8-2-5-14-6-3-8/h1-7H,(H,14,16,19). The molecule has 0 spiro atoms. The van der Waals surface area contributed by atoms with E-state index in [0.717, 1.165) is 0 Å². The van der Waals surface area contributed by atoms with Crippen LogP contribution in [0, 0.1) is 0 Å². The Balaban J connectivity index is 1.96. The van der Waals surface area contributed by atoms with Crippen molar-refractivity contribution in [1.29, 1.82) is 0 Å². The fourth-order valence-electron chi connectivity index (χ4n) is 1.63. The number of hydrogen-bond acceptors (Lipinski definition) is 4. The van der Waals surface area contributed by atoms with Gasteiger partial charge in [0.25, 0.3) is 5.91 Å². The number of halogens is 1. The molecule has 0 aliphatic carbocycles. The third-order valence-electron chi connectivity index (χ3n) is 2.49. The van der Waals surface area contributed by atoms with E-state index in [2.05, 4.69) is 36.3 Å². The number of amides is 1. The average Bonchev–Trinajstić information content (AvgIpc) is 2.78. The van der Waals surface area contributed by atoms with Crippen LogP contribution in [0.3, 0.4) is 0 Å². The molecule has 1 N–H and O–H groups in total. The van der Waals surface area contributed by atoms with Crippen molar-refractivity contribution >= 4 is 33.2 Å². The second kappa shape index (κ2) is 4.77. The zero-order chi connectivity index (χ0) is 13.2. The van der Waals surface area contributed by atoms with E-state index in [4.69, 9.17) is 0 Å². The number of hydrogen-bond donors (Lipinski definition) is 1. The van der Waals surface area contributed by atoms with Crippen LogP contribution in [0.25, 0.3) is 5.65 Å². The highest BCUT2D eigenvalue weighted by Crippen LogP contribution is 2.21. The van der Waals surface area contributed by atoms with Crippen molar-refractivity contribution in [2.45, 2.75) is 0 Å². The maximum atomic E-state index is 12.1. The molecule has 0 aliphatic rings. The van der Waals surface area contributed by atoms with Crippen molar-refractivity contribution in [1.82, 2.24) is 19.6 Å². The highest BCUT2D eigenvalue weighted by molar-refractivity contribution is 9.10. The van der Waals surface area contributed by atoms with Gasteiger partial charge in [0, 0.05) is 30.5 Å². The lowest BCUT2D eigenvalue weighted by Crippen LogP contribution is -2.13. The van der Waals surface area contributed by atoms with E-state index in [-0.39, 0.29) is 11.6 Å². The van der Waals surface area contributed by atoms with E-state index in [1.807, 2.05) is 0 Å². The Labute approximate surface area is 116 Å². The molecular weight excluding hydrogens is 310 g/mol. The summed E-state index contributed by atoms with van der Waals surface area (Å²) in [7, 11) is 0. The van der Waals surface area contributed by atoms with Gasteiger partial charge in [-0.1, -0.05) is 0 Å². The molecule has 0 aliphatic heterocycles. The first kappa shape index (κ1) is 11.8. The molecule has 0 atom stereocenters. The Morgan fingerprint density at radius 2 is 2.05 bits per heavy atom. The van der Waals surface area contributed by atoms with Crippen LogP contribution in [0.15, 0.2) is 47.5 Å². The molecule has 0 aromatic carbocycles. The molecule has 0 radical (unpaired) electrons. The number of pyridine rings is 1. The predicted molar refractivity (Wildman–Crippen MR) is 72.9 cm³/mol. The quantitative estimate of drug-likeness (QED) is 0.786. The lowest BCUT2D eigenvalue weighted by atomic mass is 10.3. The maximum Gasteiger partial charge on any atom is 0.277 e. The van der Waals surface area contributed by atoms with Crippen LogP contribution < -0.4 is 5.32 Å². The minimum Gasteiger partial charge on any atom is -0.320 e. The van der Waals surface area contributed by atoms with Gasteiger partial charge in [0.15, 0.2) is 11.3 Å². The normalized spacial score (nSPS) is 10.6. The third-order valence-corrected chi connectivity index (χ3v) is 3.22. The van der Waals surface area contributed by atoms with Gasteiger partial charge in [-0.05, 0) is 34.1 Å². The fraction of sp³-hybridized carbons (Fsp3) is 0. The molecule has 3 rings (SSSR count). The Morgan fingerprint density at radius 1 is 1.26 bits per heavy atom. The number of carbonyl (C=O) groups is 1. The zero-order valence-corrected chi connectivity index (χ0v) is 11.2. The van der Waals surface area contributed by atoms with Crippen molar-refractivity contribution in [2.75, 3.05) is 5.32 Å². The monoisotopic (exact) mass is 317 g/mol. The molecule has 1 amide bonds. The van der Waals surface area contributed by atoms with Crippen molar-refractivity contribution in [3.05, 3.63) is 53.2 Å². The summed E-state index contributed by atoms with van der Waals surface area (Å²) >= 11 is 3.35. The Bertz CT molecular complexity index is 740. The molecule has 19 heavy (non-hydrogen) atoms. The fourth-order valence-corrected chi connectivity index (χ4v) is 2.17. The largest absolute Gasteiger partial charge is 0.320 e. The topological polar surface area (TPSA) is 72.2 Å². The van der Waals surface area contributed by atoms with Crippen LogP contribution in [0.2, 0.25) is 0 Å². The number of anilines is 1. The predicted octanol–water partition coefficient (Wildman–Crippen LogP) is 2.14. The second-order valence-electron chi connectivity index (χ2n) is 3.74. The van der Waals surface area contributed by atoms with Crippen LogP contribution in [0.4, 0.5) is 5.69 Å². The first-order valence-corrected chi connectivity index (χ1v) is 6.25. The van der Waals surface area contributed by atoms with Crippen LogP contribution in [-0.2, 0) is 0 Å². The molecule has 0 unspecified atom stereocenters. The molecule has 0 saturated heterocycles. The molecule has 7 heteroatoms. The van der Waals surface area contributed by atoms with Gasteiger partial charge in [-0.2, -0.15) is 5.10 Å². The maximum absolute atomic E-state index is 12.1. The second-order valence-corrected chi connectivity index (χ2v) is 4.53. The van der Waals surface area contributed by atoms with Gasteiger partial charge < -0.3 is 5.32 Å². The number of fused-ring (bicyclic) bond motifs is 1. The Hall–Kier alpha value is -2.28. The van der Waals surface area contributed by atoms with Gasteiger partial charge in [-0.3, -0.25) is 9.78 Å². The average molecular weight is 318 g/mol. The van der Waals surface area contributed by atoms with Gasteiger partial charge >= 0.3 is 0 Å². The molecule has 6 nitrogen and oxygen atoms in total. The van der Waals surface area contributed by atoms with Gasteiger partial charge in [0.1, 0.15) is 0 Å². The third kappa shape index (κ3) is 2.19. The molecule has 0 bridgehead atoms. The van der Waals surface area contributed by atoms with Crippen LogP contribution in [0.1, 0.15) is 10.5 Å². The number of nitrogens with one attached hydrogen (secondary N) is 1. The van der Waals surface area contributed by atoms with E-state index >= 15 is 0 Å². The summed E-state index contributed by atoms with van der Waals surface area (Å²) < 4.78 is 2.12. The number of nitrogens with zero attached hydrogens (tertiary/aromatic N) is 4.